The van der Waals surface area contributed by atoms with Gasteiger partial charge in [0.2, 0.25) is 0 Å². The van der Waals surface area contributed by atoms with Crippen LogP contribution in [0.4, 0.5) is 4.39 Å². The van der Waals surface area contributed by atoms with Gasteiger partial charge in [-0.3, -0.25) is 9.69 Å². The molecule has 0 bridgehead atoms. The number of carbonyl (C=O) groups is 1. The standard InChI is InChI=1S/C30H32FNO3/c1-18-22-11-12-32(16-21-8-5-4-6-9-21)17-26(22)20(3)29(25(18)15-28(33)34)24-14-27(31)30-23(19(24)2)10-7-13-35-30/h4-6,8-9,14H,7,10-13,15-17H2,1-3H3,(H,33,34). The Kier molecular flexibility index (Phi) is 6.37. The minimum absolute atomic E-state index is 0.0718. The van der Waals surface area contributed by atoms with E-state index in [-0.39, 0.29) is 12.2 Å². The lowest BCUT2D eigenvalue weighted by atomic mass is 9.79. The van der Waals surface area contributed by atoms with Crippen molar-refractivity contribution in [3.05, 3.63) is 86.7 Å². The smallest absolute Gasteiger partial charge is 0.307 e. The number of carboxylic acids is 1. The van der Waals surface area contributed by atoms with E-state index < -0.39 is 5.97 Å². The second-order valence-corrected chi connectivity index (χ2v) is 9.87. The molecule has 0 radical (unpaired) electrons. The summed E-state index contributed by atoms with van der Waals surface area (Å²) >= 11 is 0. The van der Waals surface area contributed by atoms with Gasteiger partial charge in [-0.25, -0.2) is 4.39 Å². The number of hydrogen-bond donors (Lipinski definition) is 1. The average Bonchev–Trinajstić information content (AvgIpc) is 2.85. The predicted octanol–water partition coefficient (Wildman–Crippen LogP) is 5.93. The van der Waals surface area contributed by atoms with Crippen LogP contribution in [0.5, 0.6) is 5.75 Å². The summed E-state index contributed by atoms with van der Waals surface area (Å²) in [6.07, 6.45) is 2.44. The number of halogens is 1. The molecule has 0 saturated heterocycles. The lowest BCUT2D eigenvalue weighted by Gasteiger charge is -2.34. The van der Waals surface area contributed by atoms with E-state index in [2.05, 4.69) is 36.1 Å². The molecule has 0 saturated carbocycles. The summed E-state index contributed by atoms with van der Waals surface area (Å²) < 4.78 is 20.9. The molecule has 0 aliphatic carbocycles. The van der Waals surface area contributed by atoms with Gasteiger partial charge in [-0.2, -0.15) is 0 Å². The second kappa shape index (κ2) is 9.46. The van der Waals surface area contributed by atoms with Crippen molar-refractivity contribution >= 4 is 5.97 Å². The zero-order valence-electron chi connectivity index (χ0n) is 20.7. The topological polar surface area (TPSA) is 49.8 Å². The molecule has 5 heteroatoms. The minimum atomic E-state index is -0.866. The molecule has 2 aliphatic rings. The van der Waals surface area contributed by atoms with Crippen LogP contribution in [0, 0.1) is 26.6 Å². The normalized spacial score (nSPS) is 15.3. The van der Waals surface area contributed by atoms with Crippen LogP contribution in [-0.2, 0) is 37.1 Å². The highest BCUT2D eigenvalue weighted by Gasteiger charge is 2.29. The first-order valence-corrected chi connectivity index (χ1v) is 12.4. The molecule has 0 fully saturated rings. The maximum absolute atomic E-state index is 15.2. The van der Waals surface area contributed by atoms with Crippen LogP contribution < -0.4 is 4.74 Å². The van der Waals surface area contributed by atoms with E-state index in [0.29, 0.717) is 12.4 Å². The van der Waals surface area contributed by atoms with E-state index in [1.165, 1.54) is 16.7 Å². The molecule has 5 rings (SSSR count). The van der Waals surface area contributed by atoms with Gasteiger partial charge in [-0.1, -0.05) is 30.3 Å². The van der Waals surface area contributed by atoms with E-state index >= 15 is 4.39 Å². The van der Waals surface area contributed by atoms with Crippen LogP contribution in [0.15, 0.2) is 36.4 Å². The summed E-state index contributed by atoms with van der Waals surface area (Å²) in [6, 6.07) is 12.0. The summed E-state index contributed by atoms with van der Waals surface area (Å²) in [4.78, 5) is 14.4. The first kappa shape index (κ1) is 23.6. The lowest BCUT2D eigenvalue weighted by molar-refractivity contribution is -0.136. The van der Waals surface area contributed by atoms with Gasteiger partial charge >= 0.3 is 5.97 Å². The maximum atomic E-state index is 15.2. The molecule has 182 valence electrons. The SMILES string of the molecule is Cc1c(-c2c(C)c3c(c(C)c2CC(=O)O)CCN(Cc2ccccc2)C3)cc(F)c2c1CCCO2. The molecule has 0 unspecified atom stereocenters. The van der Waals surface area contributed by atoms with Crippen molar-refractivity contribution in [2.24, 2.45) is 0 Å². The van der Waals surface area contributed by atoms with Crippen molar-refractivity contribution in [1.29, 1.82) is 0 Å². The fourth-order valence-electron chi connectivity index (χ4n) is 5.96. The van der Waals surface area contributed by atoms with Gasteiger partial charge in [0.1, 0.15) is 0 Å². The Balaban J connectivity index is 1.66. The summed E-state index contributed by atoms with van der Waals surface area (Å²) in [6.45, 7) is 9.27. The number of ether oxygens (including phenoxy) is 1. The highest BCUT2D eigenvalue weighted by molar-refractivity contribution is 5.83. The number of benzene rings is 3. The third kappa shape index (κ3) is 4.34. The van der Waals surface area contributed by atoms with Crippen LogP contribution in [0.1, 0.15) is 50.9 Å². The summed E-state index contributed by atoms with van der Waals surface area (Å²) in [7, 11) is 0. The van der Waals surface area contributed by atoms with Crippen LogP contribution >= 0.6 is 0 Å². The fraction of sp³-hybridized carbons (Fsp3) is 0.367. The van der Waals surface area contributed by atoms with Gasteiger partial charge < -0.3 is 9.84 Å². The number of rotatable bonds is 5. The Morgan fingerprint density at radius 3 is 2.54 bits per heavy atom. The second-order valence-electron chi connectivity index (χ2n) is 9.87. The number of carboxylic acid groups (broad SMARTS) is 1. The van der Waals surface area contributed by atoms with E-state index in [4.69, 9.17) is 4.74 Å². The zero-order chi connectivity index (χ0) is 24.7. The molecule has 0 atom stereocenters. The van der Waals surface area contributed by atoms with Crippen molar-refractivity contribution in [3.63, 3.8) is 0 Å². The Hall–Kier alpha value is -3.18. The van der Waals surface area contributed by atoms with Gasteiger partial charge in [0.05, 0.1) is 13.0 Å². The molecule has 0 aromatic heterocycles. The maximum Gasteiger partial charge on any atom is 0.307 e. The van der Waals surface area contributed by atoms with Crippen molar-refractivity contribution in [1.82, 2.24) is 4.90 Å². The molecule has 3 aromatic carbocycles. The Morgan fingerprint density at radius 1 is 1.03 bits per heavy atom. The van der Waals surface area contributed by atoms with E-state index in [1.54, 1.807) is 6.07 Å². The Labute approximate surface area is 206 Å². The van der Waals surface area contributed by atoms with Crippen molar-refractivity contribution in [3.8, 4) is 16.9 Å². The molecule has 4 nitrogen and oxygen atoms in total. The van der Waals surface area contributed by atoms with Gasteiger partial charge in [0, 0.05) is 25.2 Å². The molecular formula is C30H32FNO3. The highest BCUT2D eigenvalue weighted by Crippen LogP contribution is 2.43. The van der Waals surface area contributed by atoms with Crippen molar-refractivity contribution in [2.45, 2.75) is 59.5 Å². The largest absolute Gasteiger partial charge is 0.490 e. The molecule has 3 aromatic rings. The Morgan fingerprint density at radius 2 is 1.80 bits per heavy atom. The van der Waals surface area contributed by atoms with Crippen LogP contribution in [0.3, 0.4) is 0 Å². The third-order valence-electron chi connectivity index (χ3n) is 7.74. The van der Waals surface area contributed by atoms with Crippen LogP contribution in [0.25, 0.3) is 11.1 Å². The molecule has 0 spiro atoms. The number of nitrogens with zero attached hydrogens (tertiary/aromatic N) is 1. The molecule has 35 heavy (non-hydrogen) atoms. The van der Waals surface area contributed by atoms with E-state index in [0.717, 1.165) is 77.8 Å². The van der Waals surface area contributed by atoms with Crippen molar-refractivity contribution in [2.75, 3.05) is 13.2 Å². The zero-order valence-corrected chi connectivity index (χ0v) is 20.7. The minimum Gasteiger partial charge on any atom is -0.490 e. The van der Waals surface area contributed by atoms with Gasteiger partial charge in [0.15, 0.2) is 11.6 Å². The number of aliphatic carboxylic acids is 1. The van der Waals surface area contributed by atoms with Gasteiger partial charge in [0.25, 0.3) is 0 Å². The van der Waals surface area contributed by atoms with Crippen molar-refractivity contribution < 1.29 is 19.0 Å². The first-order valence-electron chi connectivity index (χ1n) is 12.4. The lowest BCUT2D eigenvalue weighted by Crippen LogP contribution is -2.32. The molecular weight excluding hydrogens is 441 g/mol. The average molecular weight is 474 g/mol. The third-order valence-corrected chi connectivity index (χ3v) is 7.74. The molecule has 2 heterocycles. The van der Waals surface area contributed by atoms with Gasteiger partial charge in [-0.15, -0.1) is 0 Å². The van der Waals surface area contributed by atoms with Crippen LogP contribution in [-0.4, -0.2) is 29.1 Å². The molecule has 0 amide bonds. The van der Waals surface area contributed by atoms with Crippen LogP contribution in [0.2, 0.25) is 0 Å². The van der Waals surface area contributed by atoms with E-state index in [9.17, 15) is 9.90 Å². The quantitative estimate of drug-likeness (QED) is 0.499. The summed E-state index contributed by atoms with van der Waals surface area (Å²) in [5.74, 6) is -0.865. The predicted molar refractivity (Wildman–Crippen MR) is 135 cm³/mol. The molecule has 1 N–H and O–H groups in total. The van der Waals surface area contributed by atoms with E-state index in [1.807, 2.05) is 19.9 Å². The first-order chi connectivity index (χ1) is 16.8. The molecule has 2 aliphatic heterocycles. The fourth-order valence-corrected chi connectivity index (χ4v) is 5.96. The number of hydrogen-bond acceptors (Lipinski definition) is 3. The highest BCUT2D eigenvalue weighted by atomic mass is 19.1. The summed E-state index contributed by atoms with van der Waals surface area (Å²) in [5.41, 5.74) is 10.3. The van der Waals surface area contributed by atoms with Gasteiger partial charge in [-0.05, 0) is 96.2 Å². The Bertz CT molecular complexity index is 1300. The summed E-state index contributed by atoms with van der Waals surface area (Å²) in [5, 5.41) is 9.78. The number of fused-ring (bicyclic) bond motifs is 2. The monoisotopic (exact) mass is 473 g/mol.